The Morgan fingerprint density at radius 3 is 2.87 bits per heavy atom. The van der Waals surface area contributed by atoms with Crippen molar-refractivity contribution < 1.29 is 14.3 Å². The van der Waals surface area contributed by atoms with Crippen molar-refractivity contribution in [3.05, 3.63) is 48.3 Å². The van der Waals surface area contributed by atoms with Crippen LogP contribution in [0.2, 0.25) is 0 Å². The second kappa shape index (κ2) is 9.05. The molecule has 1 aromatic heterocycles. The molecule has 5 nitrogen and oxygen atoms in total. The van der Waals surface area contributed by atoms with E-state index in [2.05, 4.69) is 10.3 Å². The number of hydrogen-bond acceptors (Lipinski definition) is 5. The van der Waals surface area contributed by atoms with Gasteiger partial charge in [0.1, 0.15) is 0 Å². The molecule has 1 amide bonds. The van der Waals surface area contributed by atoms with Crippen LogP contribution in [0.5, 0.6) is 11.5 Å². The number of pyridine rings is 1. The maximum atomic E-state index is 12.0. The largest absolute Gasteiger partial charge is 0.493 e. The van der Waals surface area contributed by atoms with E-state index in [0.717, 1.165) is 11.3 Å². The quantitative estimate of drug-likeness (QED) is 0.803. The Hall–Kier alpha value is -2.21. The highest BCUT2D eigenvalue weighted by Crippen LogP contribution is 2.30. The highest BCUT2D eigenvalue weighted by molar-refractivity contribution is 7.99. The second-order valence-corrected chi connectivity index (χ2v) is 5.69. The van der Waals surface area contributed by atoms with E-state index in [1.165, 1.54) is 0 Å². The van der Waals surface area contributed by atoms with Crippen LogP contribution < -0.4 is 14.8 Å². The summed E-state index contributed by atoms with van der Waals surface area (Å²) in [5, 5.41) is 2.86. The summed E-state index contributed by atoms with van der Waals surface area (Å²) in [6.07, 6.45) is 3.54. The van der Waals surface area contributed by atoms with Crippen LogP contribution in [-0.4, -0.2) is 30.4 Å². The molecule has 0 spiro atoms. The van der Waals surface area contributed by atoms with Crippen molar-refractivity contribution in [2.45, 2.75) is 12.7 Å². The fourth-order valence-electron chi connectivity index (χ4n) is 1.96. The van der Waals surface area contributed by atoms with E-state index >= 15 is 0 Å². The minimum atomic E-state index is -0.0508. The van der Waals surface area contributed by atoms with Crippen molar-refractivity contribution in [2.24, 2.45) is 0 Å². The number of carbonyl (C=O) groups excluding carboxylic acids is 1. The maximum absolute atomic E-state index is 12.0. The average Bonchev–Trinajstić information content (AvgIpc) is 2.57. The van der Waals surface area contributed by atoms with Crippen LogP contribution >= 0.6 is 11.8 Å². The number of ether oxygens (including phenoxy) is 2. The summed E-state index contributed by atoms with van der Waals surface area (Å²) < 4.78 is 10.7. The topological polar surface area (TPSA) is 60.5 Å². The number of thioether (sulfide) groups is 1. The smallest absolute Gasteiger partial charge is 0.234 e. The summed E-state index contributed by atoms with van der Waals surface area (Å²) in [6.45, 7) is 2.47. The molecule has 0 bridgehead atoms. The van der Waals surface area contributed by atoms with Gasteiger partial charge in [-0.3, -0.25) is 9.78 Å². The lowest BCUT2D eigenvalue weighted by Crippen LogP contribution is -2.14. The number of carbonyl (C=O) groups is 1. The van der Waals surface area contributed by atoms with Gasteiger partial charge < -0.3 is 14.8 Å². The normalized spacial score (nSPS) is 10.2. The Bertz CT molecular complexity index is 635. The van der Waals surface area contributed by atoms with E-state index in [0.29, 0.717) is 29.5 Å². The molecule has 1 heterocycles. The van der Waals surface area contributed by atoms with Crippen molar-refractivity contribution in [1.29, 1.82) is 0 Å². The molecule has 122 valence electrons. The van der Waals surface area contributed by atoms with Gasteiger partial charge in [0.15, 0.2) is 11.5 Å². The Balaban J connectivity index is 1.85. The number of nitrogens with one attached hydrogen (secondary N) is 1. The van der Waals surface area contributed by atoms with Crippen molar-refractivity contribution >= 4 is 23.4 Å². The second-order valence-electron chi connectivity index (χ2n) is 4.70. The Kier molecular flexibility index (Phi) is 6.75. The summed E-state index contributed by atoms with van der Waals surface area (Å²) in [5.41, 5.74) is 1.80. The molecule has 0 fully saturated rings. The molecule has 0 saturated heterocycles. The van der Waals surface area contributed by atoms with Gasteiger partial charge in [0.25, 0.3) is 0 Å². The maximum Gasteiger partial charge on any atom is 0.234 e. The van der Waals surface area contributed by atoms with Gasteiger partial charge >= 0.3 is 0 Å². The molecule has 23 heavy (non-hydrogen) atoms. The zero-order valence-corrected chi connectivity index (χ0v) is 14.1. The summed E-state index contributed by atoms with van der Waals surface area (Å²) >= 11 is 1.55. The van der Waals surface area contributed by atoms with E-state index in [4.69, 9.17) is 9.47 Å². The van der Waals surface area contributed by atoms with Crippen molar-refractivity contribution in [3.8, 4) is 11.5 Å². The molecule has 2 aromatic rings. The van der Waals surface area contributed by atoms with E-state index in [9.17, 15) is 4.79 Å². The third-order valence-corrected chi connectivity index (χ3v) is 3.98. The van der Waals surface area contributed by atoms with E-state index in [-0.39, 0.29) is 5.91 Å². The fraction of sp³-hybridized carbons (Fsp3) is 0.294. The van der Waals surface area contributed by atoms with Crippen molar-refractivity contribution in [2.75, 3.05) is 24.8 Å². The van der Waals surface area contributed by atoms with Crippen molar-refractivity contribution in [3.63, 3.8) is 0 Å². The number of benzene rings is 1. The lowest BCUT2D eigenvalue weighted by molar-refractivity contribution is -0.113. The number of nitrogens with zero attached hydrogens (tertiary/aromatic N) is 1. The van der Waals surface area contributed by atoms with E-state index < -0.39 is 0 Å². The first-order valence-corrected chi connectivity index (χ1v) is 8.45. The molecule has 6 heteroatoms. The molecule has 0 aliphatic rings. The molecule has 1 aromatic carbocycles. The monoisotopic (exact) mass is 332 g/mol. The third kappa shape index (κ3) is 5.49. The molecule has 0 aliphatic carbocycles. The third-order valence-electron chi connectivity index (χ3n) is 2.97. The minimum absolute atomic E-state index is 0.0508. The molecule has 2 rings (SSSR count). The lowest BCUT2D eigenvalue weighted by Gasteiger charge is -2.11. The number of methoxy groups -OCH3 is 1. The molecule has 0 saturated carbocycles. The lowest BCUT2D eigenvalue weighted by atomic mass is 10.2. The van der Waals surface area contributed by atoms with Gasteiger partial charge in [-0.2, -0.15) is 0 Å². The van der Waals surface area contributed by atoms with Crippen molar-refractivity contribution in [1.82, 2.24) is 4.98 Å². The summed E-state index contributed by atoms with van der Waals surface area (Å²) in [4.78, 5) is 16.0. The van der Waals surface area contributed by atoms with E-state index in [1.54, 1.807) is 43.3 Å². The first-order chi connectivity index (χ1) is 11.2. The van der Waals surface area contributed by atoms with Crippen LogP contribution in [0.15, 0.2) is 42.7 Å². The number of anilines is 1. The average molecular weight is 332 g/mol. The summed E-state index contributed by atoms with van der Waals surface area (Å²) in [7, 11) is 1.58. The Morgan fingerprint density at radius 2 is 2.17 bits per heavy atom. The van der Waals surface area contributed by atoms with Gasteiger partial charge in [0.05, 0.1) is 19.5 Å². The van der Waals surface area contributed by atoms with Crippen LogP contribution in [0.1, 0.15) is 12.5 Å². The number of rotatable bonds is 8. The molecule has 0 atom stereocenters. The Labute approximate surface area is 140 Å². The summed E-state index contributed by atoms with van der Waals surface area (Å²) in [6, 6.07) is 9.24. The number of hydrogen-bond donors (Lipinski definition) is 1. The van der Waals surface area contributed by atoms with Gasteiger partial charge in [-0.05, 0) is 30.7 Å². The predicted octanol–water partition coefficient (Wildman–Crippen LogP) is 3.36. The summed E-state index contributed by atoms with van der Waals surface area (Å²) in [5.74, 6) is 2.36. The number of amides is 1. The van der Waals surface area contributed by atoms with Crippen LogP contribution in [0.3, 0.4) is 0 Å². The fourth-order valence-corrected chi connectivity index (χ4v) is 2.73. The number of aromatic nitrogens is 1. The molecular weight excluding hydrogens is 312 g/mol. The molecule has 0 unspecified atom stereocenters. The SMILES string of the molecule is CCOc1ccc(NC(=O)CSCc2cccnc2)cc1OC. The van der Waals surface area contributed by atoms with Crippen LogP contribution in [0, 0.1) is 0 Å². The first kappa shape index (κ1) is 17.1. The Morgan fingerprint density at radius 1 is 1.30 bits per heavy atom. The molecule has 0 aliphatic heterocycles. The molecule has 1 N–H and O–H groups in total. The van der Waals surface area contributed by atoms with Gasteiger partial charge in [-0.25, -0.2) is 0 Å². The highest BCUT2D eigenvalue weighted by atomic mass is 32.2. The zero-order valence-electron chi connectivity index (χ0n) is 13.2. The zero-order chi connectivity index (χ0) is 16.5. The molecule has 0 radical (unpaired) electrons. The van der Waals surface area contributed by atoms with Gasteiger partial charge in [0.2, 0.25) is 5.91 Å². The first-order valence-electron chi connectivity index (χ1n) is 7.30. The molecular formula is C17H20N2O3S. The van der Waals surface area contributed by atoms with Gasteiger partial charge in [-0.15, -0.1) is 11.8 Å². The highest BCUT2D eigenvalue weighted by Gasteiger charge is 2.08. The van der Waals surface area contributed by atoms with Crippen LogP contribution in [-0.2, 0) is 10.5 Å². The minimum Gasteiger partial charge on any atom is -0.493 e. The van der Waals surface area contributed by atoms with Gasteiger partial charge in [-0.1, -0.05) is 6.07 Å². The predicted molar refractivity (Wildman–Crippen MR) is 93.2 cm³/mol. The van der Waals surface area contributed by atoms with Gasteiger partial charge in [0, 0.05) is 29.9 Å². The van der Waals surface area contributed by atoms with Crippen LogP contribution in [0.25, 0.3) is 0 Å². The standard InChI is InChI=1S/C17H20N2O3S/c1-3-22-15-7-6-14(9-16(15)21-2)19-17(20)12-23-11-13-5-4-8-18-10-13/h4-10H,3,11-12H2,1-2H3,(H,19,20). The van der Waals surface area contributed by atoms with Crippen LogP contribution in [0.4, 0.5) is 5.69 Å². The van der Waals surface area contributed by atoms with E-state index in [1.807, 2.05) is 25.3 Å².